The highest BCUT2D eigenvalue weighted by molar-refractivity contribution is 7.90. The maximum atomic E-state index is 11.8. The van der Waals surface area contributed by atoms with E-state index in [0.29, 0.717) is 24.6 Å². The van der Waals surface area contributed by atoms with Gasteiger partial charge in [-0.25, -0.2) is 8.42 Å². The van der Waals surface area contributed by atoms with Crippen molar-refractivity contribution in [2.45, 2.75) is 24.0 Å². The van der Waals surface area contributed by atoms with Gasteiger partial charge in [0.05, 0.1) is 23.3 Å². The minimum atomic E-state index is -3.23. The number of anilines is 1. The summed E-state index contributed by atoms with van der Waals surface area (Å²) >= 11 is 0. The number of rotatable bonds is 3. The molecule has 0 saturated carbocycles. The Hall–Kier alpha value is -1.11. The van der Waals surface area contributed by atoms with Gasteiger partial charge in [0.2, 0.25) is 0 Å². The lowest BCUT2D eigenvalue weighted by atomic mass is 10.1. The molecule has 1 fully saturated rings. The predicted molar refractivity (Wildman–Crippen MR) is 75.2 cm³/mol. The first kappa shape index (κ1) is 14.3. The fourth-order valence-electron chi connectivity index (χ4n) is 2.24. The molecule has 0 aliphatic carbocycles. The molecule has 0 amide bonds. The molecule has 2 atom stereocenters. The van der Waals surface area contributed by atoms with Crippen LogP contribution in [0.25, 0.3) is 0 Å². The van der Waals surface area contributed by atoms with E-state index >= 15 is 0 Å². The molecule has 1 aliphatic rings. The third-order valence-corrected chi connectivity index (χ3v) is 4.43. The standard InChI is InChI=1S/C13H20N2O3S/c1-10(14)12-9-15(7-8-18-12)11-5-3-4-6-13(11)19(2,16)17/h3-6,10,12H,7-9,14H2,1-2H3. The highest BCUT2D eigenvalue weighted by Gasteiger charge is 2.26. The van der Waals surface area contributed by atoms with Gasteiger partial charge in [-0.1, -0.05) is 12.1 Å². The van der Waals surface area contributed by atoms with Crippen LogP contribution in [0.1, 0.15) is 6.92 Å². The van der Waals surface area contributed by atoms with Crippen molar-refractivity contribution in [1.82, 2.24) is 0 Å². The molecule has 1 aromatic carbocycles. The largest absolute Gasteiger partial charge is 0.373 e. The number of nitrogens with zero attached hydrogens (tertiary/aromatic N) is 1. The van der Waals surface area contributed by atoms with Gasteiger partial charge in [-0.2, -0.15) is 0 Å². The Morgan fingerprint density at radius 3 is 2.74 bits per heavy atom. The molecule has 5 nitrogen and oxygen atoms in total. The summed E-state index contributed by atoms with van der Waals surface area (Å²) in [4.78, 5) is 2.40. The number of ether oxygens (including phenoxy) is 1. The van der Waals surface area contributed by atoms with Gasteiger partial charge in [0.25, 0.3) is 0 Å². The van der Waals surface area contributed by atoms with Crippen molar-refractivity contribution in [3.8, 4) is 0 Å². The zero-order chi connectivity index (χ0) is 14.0. The Labute approximate surface area is 114 Å². The van der Waals surface area contributed by atoms with Gasteiger partial charge in [-0.05, 0) is 19.1 Å². The lowest BCUT2D eigenvalue weighted by molar-refractivity contribution is 0.0274. The molecule has 1 saturated heterocycles. The van der Waals surface area contributed by atoms with Crippen molar-refractivity contribution >= 4 is 15.5 Å². The second-order valence-corrected chi connectivity index (χ2v) is 6.94. The molecule has 0 radical (unpaired) electrons. The van der Waals surface area contributed by atoms with Gasteiger partial charge in [0.15, 0.2) is 9.84 Å². The quantitative estimate of drug-likeness (QED) is 0.882. The summed E-state index contributed by atoms with van der Waals surface area (Å²) in [7, 11) is -3.23. The summed E-state index contributed by atoms with van der Waals surface area (Å²) in [6.45, 7) is 3.75. The summed E-state index contributed by atoms with van der Waals surface area (Å²) in [6, 6.07) is 6.98. The third-order valence-electron chi connectivity index (χ3n) is 3.29. The number of para-hydroxylation sites is 1. The van der Waals surface area contributed by atoms with E-state index in [-0.39, 0.29) is 12.1 Å². The second-order valence-electron chi connectivity index (χ2n) is 4.95. The molecule has 1 aromatic rings. The van der Waals surface area contributed by atoms with Gasteiger partial charge in [-0.15, -0.1) is 0 Å². The van der Waals surface area contributed by atoms with Crippen LogP contribution in [0, 0.1) is 0 Å². The monoisotopic (exact) mass is 284 g/mol. The van der Waals surface area contributed by atoms with Crippen LogP contribution in [0.2, 0.25) is 0 Å². The van der Waals surface area contributed by atoms with E-state index in [4.69, 9.17) is 10.5 Å². The van der Waals surface area contributed by atoms with Gasteiger partial charge in [-0.3, -0.25) is 0 Å². The van der Waals surface area contributed by atoms with E-state index in [9.17, 15) is 8.42 Å². The summed E-state index contributed by atoms with van der Waals surface area (Å²) in [5, 5.41) is 0. The molecule has 2 unspecified atom stereocenters. The van der Waals surface area contributed by atoms with Gasteiger partial charge in [0, 0.05) is 25.4 Å². The van der Waals surface area contributed by atoms with Crippen LogP contribution in [-0.4, -0.2) is 46.5 Å². The van der Waals surface area contributed by atoms with Crippen LogP contribution in [0.5, 0.6) is 0 Å². The fourth-order valence-corrected chi connectivity index (χ4v) is 3.15. The smallest absolute Gasteiger partial charge is 0.177 e. The number of nitrogens with two attached hydrogens (primary N) is 1. The molecule has 2 N–H and O–H groups in total. The van der Waals surface area contributed by atoms with Crippen LogP contribution in [0.15, 0.2) is 29.2 Å². The van der Waals surface area contributed by atoms with Crippen molar-refractivity contribution in [2.24, 2.45) is 5.73 Å². The fraction of sp³-hybridized carbons (Fsp3) is 0.538. The summed E-state index contributed by atoms with van der Waals surface area (Å²) < 4.78 is 29.3. The number of benzene rings is 1. The average Bonchev–Trinajstić information content (AvgIpc) is 2.38. The van der Waals surface area contributed by atoms with E-state index in [0.717, 1.165) is 5.69 Å². The van der Waals surface area contributed by atoms with E-state index < -0.39 is 9.84 Å². The van der Waals surface area contributed by atoms with Crippen LogP contribution >= 0.6 is 0 Å². The molecule has 2 rings (SSSR count). The number of hydrogen-bond acceptors (Lipinski definition) is 5. The third kappa shape index (κ3) is 3.26. The SMILES string of the molecule is CC(N)C1CN(c2ccccc2S(C)(=O)=O)CCO1. The Bertz CT molecular complexity index is 543. The minimum Gasteiger partial charge on any atom is -0.373 e. The highest BCUT2D eigenvalue weighted by Crippen LogP contribution is 2.26. The van der Waals surface area contributed by atoms with E-state index in [1.165, 1.54) is 6.26 Å². The summed E-state index contributed by atoms with van der Waals surface area (Å²) in [5.74, 6) is 0. The van der Waals surface area contributed by atoms with E-state index in [1.807, 2.05) is 24.0 Å². The average molecular weight is 284 g/mol. The highest BCUT2D eigenvalue weighted by atomic mass is 32.2. The molecule has 1 heterocycles. The molecule has 6 heteroatoms. The number of morpholine rings is 1. The first-order valence-electron chi connectivity index (χ1n) is 6.31. The maximum Gasteiger partial charge on any atom is 0.177 e. The Kier molecular flexibility index (Phi) is 4.13. The normalized spacial score (nSPS) is 22.3. The second kappa shape index (κ2) is 5.48. The van der Waals surface area contributed by atoms with Crippen LogP contribution in [-0.2, 0) is 14.6 Å². The topological polar surface area (TPSA) is 72.6 Å². The predicted octanol–water partition coefficient (Wildman–Crippen LogP) is 0.643. The Balaban J connectivity index is 2.32. The van der Waals surface area contributed by atoms with Gasteiger partial charge in [0.1, 0.15) is 0 Å². The maximum absolute atomic E-state index is 11.8. The molecule has 0 bridgehead atoms. The summed E-state index contributed by atoms with van der Waals surface area (Å²) in [6.07, 6.45) is 1.16. The number of sulfone groups is 1. The zero-order valence-corrected chi connectivity index (χ0v) is 12.1. The van der Waals surface area contributed by atoms with Crippen molar-refractivity contribution < 1.29 is 13.2 Å². The van der Waals surface area contributed by atoms with Gasteiger partial charge < -0.3 is 15.4 Å². The molecule has 1 aliphatic heterocycles. The molecule has 106 valence electrons. The lowest BCUT2D eigenvalue weighted by Crippen LogP contribution is -2.49. The van der Waals surface area contributed by atoms with Crippen LogP contribution < -0.4 is 10.6 Å². The van der Waals surface area contributed by atoms with Gasteiger partial charge >= 0.3 is 0 Å². The van der Waals surface area contributed by atoms with Crippen molar-refractivity contribution in [3.63, 3.8) is 0 Å². The van der Waals surface area contributed by atoms with E-state index in [1.54, 1.807) is 12.1 Å². The van der Waals surface area contributed by atoms with Crippen molar-refractivity contribution in [2.75, 3.05) is 30.9 Å². The molecule has 19 heavy (non-hydrogen) atoms. The Morgan fingerprint density at radius 1 is 1.42 bits per heavy atom. The summed E-state index contributed by atoms with van der Waals surface area (Å²) in [5.41, 5.74) is 6.60. The van der Waals surface area contributed by atoms with Crippen molar-refractivity contribution in [3.05, 3.63) is 24.3 Å². The van der Waals surface area contributed by atoms with E-state index in [2.05, 4.69) is 0 Å². The Morgan fingerprint density at radius 2 is 2.11 bits per heavy atom. The molecule has 0 spiro atoms. The molecule has 0 aromatic heterocycles. The number of hydrogen-bond donors (Lipinski definition) is 1. The lowest BCUT2D eigenvalue weighted by Gasteiger charge is -2.36. The molecular weight excluding hydrogens is 264 g/mol. The zero-order valence-electron chi connectivity index (χ0n) is 11.2. The van der Waals surface area contributed by atoms with Crippen molar-refractivity contribution in [1.29, 1.82) is 0 Å². The first-order chi connectivity index (χ1) is 8.89. The van der Waals surface area contributed by atoms with Crippen LogP contribution in [0.4, 0.5) is 5.69 Å². The van der Waals surface area contributed by atoms with Crippen LogP contribution in [0.3, 0.4) is 0 Å². The molecular formula is C13H20N2O3S. The minimum absolute atomic E-state index is 0.0682. The first-order valence-corrected chi connectivity index (χ1v) is 8.20.